The van der Waals surface area contributed by atoms with E-state index in [1.807, 2.05) is 12.1 Å². The molecule has 0 unspecified atom stereocenters. The Morgan fingerprint density at radius 2 is 1.92 bits per heavy atom. The molecule has 0 bridgehead atoms. The highest BCUT2D eigenvalue weighted by Gasteiger charge is 2.08. The van der Waals surface area contributed by atoms with E-state index in [9.17, 15) is 4.39 Å². The molecule has 1 atom stereocenters. The molecule has 1 rings (SSSR count). The maximum Gasteiger partial charge on any atom is 0.123 e. The van der Waals surface area contributed by atoms with Crippen LogP contribution < -0.4 is 0 Å². The van der Waals surface area contributed by atoms with Gasteiger partial charge in [0.1, 0.15) is 5.82 Å². The van der Waals surface area contributed by atoms with Crippen LogP contribution in [0.2, 0.25) is 0 Å². The van der Waals surface area contributed by atoms with Crippen molar-refractivity contribution in [2.45, 2.75) is 19.3 Å². The molecule has 2 heteroatoms. The maximum absolute atomic E-state index is 12.6. The summed E-state index contributed by atoms with van der Waals surface area (Å²) in [6.45, 7) is 2.80. The van der Waals surface area contributed by atoms with E-state index >= 15 is 0 Å². The van der Waals surface area contributed by atoms with Crippen LogP contribution in [0.1, 0.15) is 24.8 Å². The largest absolute Gasteiger partial charge is 0.384 e. The Kier molecular flexibility index (Phi) is 3.90. The van der Waals surface area contributed by atoms with Crippen molar-refractivity contribution < 1.29 is 9.13 Å². The third kappa shape index (κ3) is 2.81. The van der Waals surface area contributed by atoms with Crippen LogP contribution in [0.25, 0.3) is 0 Å². The molecule has 13 heavy (non-hydrogen) atoms. The molecule has 0 radical (unpaired) electrons. The third-order valence-corrected chi connectivity index (χ3v) is 2.20. The van der Waals surface area contributed by atoms with Gasteiger partial charge in [-0.3, -0.25) is 0 Å². The summed E-state index contributed by atoms with van der Waals surface area (Å²) in [5.41, 5.74) is 1.14. The summed E-state index contributed by atoms with van der Waals surface area (Å²) in [6.07, 6.45) is 1.01. The Morgan fingerprint density at radius 1 is 1.31 bits per heavy atom. The minimum Gasteiger partial charge on any atom is -0.384 e. The van der Waals surface area contributed by atoms with Gasteiger partial charge in [0.15, 0.2) is 0 Å². The van der Waals surface area contributed by atoms with Gasteiger partial charge in [-0.1, -0.05) is 19.1 Å². The van der Waals surface area contributed by atoms with Crippen molar-refractivity contribution in [3.8, 4) is 0 Å². The summed E-state index contributed by atoms with van der Waals surface area (Å²) < 4.78 is 17.7. The molecule has 0 amide bonds. The molecule has 0 aliphatic carbocycles. The number of ether oxygens (including phenoxy) is 1. The van der Waals surface area contributed by atoms with Crippen LogP contribution in [0.5, 0.6) is 0 Å². The second kappa shape index (κ2) is 4.97. The molecule has 0 aromatic heterocycles. The van der Waals surface area contributed by atoms with E-state index in [-0.39, 0.29) is 5.82 Å². The zero-order valence-corrected chi connectivity index (χ0v) is 8.09. The van der Waals surface area contributed by atoms with E-state index in [0.29, 0.717) is 12.5 Å². The lowest BCUT2D eigenvalue weighted by atomic mass is 9.97. The molecule has 1 aromatic rings. The summed E-state index contributed by atoms with van der Waals surface area (Å²) in [4.78, 5) is 0. The lowest BCUT2D eigenvalue weighted by Crippen LogP contribution is -2.04. The van der Waals surface area contributed by atoms with Crippen LogP contribution >= 0.6 is 0 Å². The van der Waals surface area contributed by atoms with Gasteiger partial charge in [0.2, 0.25) is 0 Å². The van der Waals surface area contributed by atoms with Gasteiger partial charge >= 0.3 is 0 Å². The van der Waals surface area contributed by atoms with Gasteiger partial charge in [-0.15, -0.1) is 0 Å². The first-order valence-electron chi connectivity index (χ1n) is 4.52. The zero-order valence-electron chi connectivity index (χ0n) is 8.09. The first-order chi connectivity index (χ1) is 6.27. The highest BCUT2D eigenvalue weighted by atomic mass is 19.1. The van der Waals surface area contributed by atoms with Gasteiger partial charge in [0, 0.05) is 13.0 Å². The highest BCUT2D eigenvalue weighted by Crippen LogP contribution is 2.19. The highest BCUT2D eigenvalue weighted by molar-refractivity contribution is 5.20. The van der Waals surface area contributed by atoms with Crippen molar-refractivity contribution in [3.63, 3.8) is 0 Å². The summed E-state index contributed by atoms with van der Waals surface area (Å²) in [5.74, 6) is 0.196. The maximum atomic E-state index is 12.6. The van der Waals surface area contributed by atoms with Crippen molar-refractivity contribution in [2.75, 3.05) is 13.7 Å². The summed E-state index contributed by atoms with van der Waals surface area (Å²) >= 11 is 0. The smallest absolute Gasteiger partial charge is 0.123 e. The number of hydrogen-bond donors (Lipinski definition) is 0. The molecule has 0 N–H and O–H groups in total. The number of halogens is 1. The predicted octanol–water partition coefficient (Wildman–Crippen LogP) is 2.97. The summed E-state index contributed by atoms with van der Waals surface area (Å²) in [7, 11) is 1.69. The topological polar surface area (TPSA) is 9.23 Å². The lowest BCUT2D eigenvalue weighted by molar-refractivity contribution is 0.177. The van der Waals surface area contributed by atoms with Crippen LogP contribution in [0.15, 0.2) is 24.3 Å². The molecular formula is C11H15FO. The standard InChI is InChI=1S/C11H15FO/c1-3-9(8-13-2)10-4-6-11(12)7-5-10/h4-7,9H,3,8H2,1-2H3/t9-/m1/s1. The monoisotopic (exact) mass is 182 g/mol. The van der Waals surface area contributed by atoms with E-state index in [2.05, 4.69) is 6.92 Å². The molecule has 0 heterocycles. The minimum atomic E-state index is -0.184. The molecule has 1 nitrogen and oxygen atoms in total. The summed E-state index contributed by atoms with van der Waals surface area (Å²) in [5, 5.41) is 0. The van der Waals surface area contributed by atoms with Gasteiger partial charge < -0.3 is 4.74 Å². The van der Waals surface area contributed by atoms with E-state index < -0.39 is 0 Å². The fourth-order valence-corrected chi connectivity index (χ4v) is 1.39. The number of rotatable bonds is 4. The van der Waals surface area contributed by atoms with Crippen LogP contribution in [0.4, 0.5) is 4.39 Å². The fourth-order valence-electron chi connectivity index (χ4n) is 1.39. The van der Waals surface area contributed by atoms with Crippen LogP contribution in [0.3, 0.4) is 0 Å². The van der Waals surface area contributed by atoms with Gasteiger partial charge in [-0.05, 0) is 24.1 Å². The summed E-state index contributed by atoms with van der Waals surface area (Å²) in [6, 6.07) is 6.63. The van der Waals surface area contributed by atoms with Crippen molar-refractivity contribution >= 4 is 0 Å². The normalized spacial score (nSPS) is 12.8. The van der Waals surface area contributed by atoms with Gasteiger partial charge in [-0.25, -0.2) is 4.39 Å². The predicted molar refractivity (Wildman–Crippen MR) is 51.3 cm³/mol. The van der Waals surface area contributed by atoms with E-state index in [0.717, 1.165) is 12.0 Å². The third-order valence-electron chi connectivity index (χ3n) is 2.20. The average Bonchev–Trinajstić information content (AvgIpc) is 2.16. The van der Waals surface area contributed by atoms with Crippen LogP contribution in [-0.2, 0) is 4.74 Å². The molecule has 0 fully saturated rings. The molecule has 0 saturated carbocycles. The average molecular weight is 182 g/mol. The Balaban J connectivity index is 2.73. The Bertz CT molecular complexity index is 243. The van der Waals surface area contributed by atoms with Crippen molar-refractivity contribution in [2.24, 2.45) is 0 Å². The molecule has 72 valence electrons. The first kappa shape index (κ1) is 10.2. The first-order valence-corrected chi connectivity index (χ1v) is 4.52. The Hall–Kier alpha value is -0.890. The molecule has 0 aliphatic rings. The van der Waals surface area contributed by atoms with Gasteiger partial charge in [0.05, 0.1) is 6.61 Å². The van der Waals surface area contributed by atoms with E-state index in [1.54, 1.807) is 7.11 Å². The van der Waals surface area contributed by atoms with Gasteiger partial charge in [-0.2, -0.15) is 0 Å². The molecule has 0 spiro atoms. The number of benzene rings is 1. The van der Waals surface area contributed by atoms with E-state index in [4.69, 9.17) is 4.74 Å². The van der Waals surface area contributed by atoms with Crippen molar-refractivity contribution in [1.29, 1.82) is 0 Å². The van der Waals surface area contributed by atoms with E-state index in [1.165, 1.54) is 12.1 Å². The SMILES string of the molecule is CC[C@H](COC)c1ccc(F)cc1. The number of hydrogen-bond acceptors (Lipinski definition) is 1. The quantitative estimate of drug-likeness (QED) is 0.695. The van der Waals surface area contributed by atoms with Crippen molar-refractivity contribution in [3.05, 3.63) is 35.6 Å². The number of methoxy groups -OCH3 is 1. The lowest BCUT2D eigenvalue weighted by Gasteiger charge is -2.13. The molecular weight excluding hydrogens is 167 g/mol. The fraction of sp³-hybridized carbons (Fsp3) is 0.455. The van der Waals surface area contributed by atoms with Crippen LogP contribution in [0, 0.1) is 5.82 Å². The molecule has 1 aromatic carbocycles. The Morgan fingerprint density at radius 3 is 2.38 bits per heavy atom. The minimum absolute atomic E-state index is 0.184. The second-order valence-corrected chi connectivity index (χ2v) is 3.11. The zero-order chi connectivity index (χ0) is 9.68. The second-order valence-electron chi connectivity index (χ2n) is 3.11. The van der Waals surface area contributed by atoms with Crippen molar-refractivity contribution in [1.82, 2.24) is 0 Å². The van der Waals surface area contributed by atoms with Gasteiger partial charge in [0.25, 0.3) is 0 Å². The van der Waals surface area contributed by atoms with Crippen LogP contribution in [-0.4, -0.2) is 13.7 Å². The molecule has 0 aliphatic heterocycles. The molecule has 0 saturated heterocycles. The Labute approximate surface area is 78.5 Å².